The average Bonchev–Trinajstić information content (AvgIpc) is 2.69. The van der Waals surface area contributed by atoms with E-state index in [4.69, 9.17) is 11.6 Å². The summed E-state index contributed by atoms with van der Waals surface area (Å²) >= 11 is 10.8. The first-order valence-corrected chi connectivity index (χ1v) is 7.94. The predicted molar refractivity (Wildman–Crippen MR) is 86.3 cm³/mol. The van der Waals surface area contributed by atoms with Crippen molar-refractivity contribution in [2.24, 2.45) is 0 Å². The van der Waals surface area contributed by atoms with Crippen LogP contribution in [0, 0.1) is 12.7 Å². The van der Waals surface area contributed by atoms with E-state index in [1.165, 1.54) is 6.07 Å². The third-order valence-corrected chi connectivity index (χ3v) is 5.06. The molecule has 0 bridgehead atoms. The molecule has 0 fully saturated rings. The Morgan fingerprint density at radius 3 is 2.75 bits per heavy atom. The molecule has 0 aliphatic rings. The van der Waals surface area contributed by atoms with Crippen molar-refractivity contribution in [3.05, 3.63) is 57.4 Å². The summed E-state index contributed by atoms with van der Waals surface area (Å²) in [6, 6.07) is 10.8. The summed E-state index contributed by atoms with van der Waals surface area (Å²) in [6.45, 7) is 2.02. The van der Waals surface area contributed by atoms with Crippen molar-refractivity contribution < 1.29 is 4.39 Å². The van der Waals surface area contributed by atoms with Gasteiger partial charge in [0.25, 0.3) is 0 Å². The van der Waals surface area contributed by atoms with Crippen LogP contribution in [0.3, 0.4) is 0 Å². The molecule has 0 aliphatic heterocycles. The van der Waals surface area contributed by atoms with Gasteiger partial charge in [0.2, 0.25) is 0 Å². The highest BCUT2D eigenvalue weighted by Gasteiger charge is 2.11. The second-order valence-electron chi connectivity index (χ2n) is 4.45. The number of aryl methyl sites for hydroxylation is 1. The number of hydrogen-bond donors (Lipinski definition) is 1. The fourth-order valence-electron chi connectivity index (χ4n) is 2.07. The van der Waals surface area contributed by atoms with Crippen LogP contribution in [-0.2, 0) is 0 Å². The number of aromatic nitrogens is 1. The zero-order valence-corrected chi connectivity index (χ0v) is 13.7. The molecule has 1 aromatic heterocycles. The van der Waals surface area contributed by atoms with Crippen LogP contribution in [0.4, 0.5) is 4.39 Å². The smallest absolute Gasteiger partial charge is 0.137 e. The van der Waals surface area contributed by atoms with Crippen molar-refractivity contribution >= 4 is 50.2 Å². The Morgan fingerprint density at radius 2 is 2.00 bits per heavy atom. The Kier molecular flexibility index (Phi) is 3.80. The molecule has 0 unspecified atom stereocenters. The molecule has 20 heavy (non-hydrogen) atoms. The zero-order valence-electron chi connectivity index (χ0n) is 10.5. The molecule has 0 amide bonds. The van der Waals surface area contributed by atoms with Crippen LogP contribution in [0.25, 0.3) is 10.9 Å². The molecule has 0 radical (unpaired) electrons. The van der Waals surface area contributed by atoms with Crippen LogP contribution in [-0.4, -0.2) is 4.98 Å². The summed E-state index contributed by atoms with van der Waals surface area (Å²) in [4.78, 5) is 5.44. The molecule has 102 valence electrons. The van der Waals surface area contributed by atoms with Gasteiger partial charge >= 0.3 is 0 Å². The first-order valence-electron chi connectivity index (χ1n) is 5.95. The van der Waals surface area contributed by atoms with Gasteiger partial charge in [-0.25, -0.2) is 4.39 Å². The van der Waals surface area contributed by atoms with Gasteiger partial charge in [-0.1, -0.05) is 29.4 Å². The number of benzene rings is 2. The van der Waals surface area contributed by atoms with Gasteiger partial charge in [0, 0.05) is 31.4 Å². The molecule has 1 heterocycles. The quantitative estimate of drug-likeness (QED) is 0.569. The summed E-state index contributed by atoms with van der Waals surface area (Å²) in [7, 11) is 0. The Hall–Kier alpha value is -0.970. The van der Waals surface area contributed by atoms with E-state index in [0.29, 0.717) is 9.50 Å². The van der Waals surface area contributed by atoms with Gasteiger partial charge in [-0.05, 0) is 53.2 Å². The first-order chi connectivity index (χ1) is 9.54. The minimum atomic E-state index is -0.253. The van der Waals surface area contributed by atoms with Crippen LogP contribution >= 0.6 is 39.3 Å². The molecule has 0 spiro atoms. The van der Waals surface area contributed by atoms with E-state index in [0.717, 1.165) is 26.4 Å². The van der Waals surface area contributed by atoms with Crippen molar-refractivity contribution in [2.45, 2.75) is 16.7 Å². The zero-order chi connectivity index (χ0) is 14.3. The van der Waals surface area contributed by atoms with E-state index in [2.05, 4.69) is 20.9 Å². The largest absolute Gasteiger partial charge is 0.358 e. The lowest BCUT2D eigenvalue weighted by Gasteiger charge is -2.03. The molecule has 3 aromatic rings. The lowest BCUT2D eigenvalue weighted by molar-refractivity contribution is 0.619. The van der Waals surface area contributed by atoms with E-state index in [1.54, 1.807) is 23.9 Å². The molecule has 0 aliphatic carbocycles. The van der Waals surface area contributed by atoms with Crippen molar-refractivity contribution in [1.82, 2.24) is 4.98 Å². The second-order valence-corrected chi connectivity index (χ2v) is 6.82. The molecule has 0 saturated carbocycles. The molecule has 0 saturated heterocycles. The lowest BCUT2D eigenvalue weighted by Crippen LogP contribution is -1.80. The normalized spacial score (nSPS) is 11.2. The maximum absolute atomic E-state index is 13.3. The highest BCUT2D eigenvalue weighted by atomic mass is 79.9. The van der Waals surface area contributed by atoms with Crippen LogP contribution in [0.2, 0.25) is 5.02 Å². The van der Waals surface area contributed by atoms with Crippen molar-refractivity contribution in [2.75, 3.05) is 0 Å². The monoisotopic (exact) mass is 369 g/mol. The van der Waals surface area contributed by atoms with Gasteiger partial charge in [0.05, 0.1) is 4.47 Å². The summed E-state index contributed by atoms with van der Waals surface area (Å²) < 4.78 is 13.8. The van der Waals surface area contributed by atoms with Gasteiger partial charge in [-0.3, -0.25) is 0 Å². The summed E-state index contributed by atoms with van der Waals surface area (Å²) in [5.41, 5.74) is 2.09. The Morgan fingerprint density at radius 1 is 1.20 bits per heavy atom. The highest BCUT2D eigenvalue weighted by Crippen LogP contribution is 2.38. The summed E-state index contributed by atoms with van der Waals surface area (Å²) in [6.07, 6.45) is 0. The number of nitrogens with one attached hydrogen (secondary N) is 1. The summed E-state index contributed by atoms with van der Waals surface area (Å²) in [5.74, 6) is -0.253. The Labute approximate surface area is 133 Å². The lowest BCUT2D eigenvalue weighted by atomic mass is 10.2. The van der Waals surface area contributed by atoms with Gasteiger partial charge in [0.15, 0.2) is 0 Å². The van der Waals surface area contributed by atoms with Gasteiger partial charge < -0.3 is 4.98 Å². The fraction of sp³-hybridized carbons (Fsp3) is 0.0667. The van der Waals surface area contributed by atoms with Gasteiger partial charge in [-0.15, -0.1) is 0 Å². The third-order valence-electron chi connectivity index (χ3n) is 3.00. The number of H-pyrrole nitrogens is 1. The first kappa shape index (κ1) is 14.0. The maximum atomic E-state index is 13.3. The Bertz CT molecular complexity index is 800. The number of hydrogen-bond acceptors (Lipinski definition) is 1. The topological polar surface area (TPSA) is 15.8 Å². The molecule has 1 N–H and O–H groups in total. The molecule has 1 nitrogen and oxygen atoms in total. The minimum absolute atomic E-state index is 0.253. The van der Waals surface area contributed by atoms with Crippen molar-refractivity contribution in [3.63, 3.8) is 0 Å². The fourth-order valence-corrected chi connectivity index (χ4v) is 3.81. The average molecular weight is 371 g/mol. The summed E-state index contributed by atoms with van der Waals surface area (Å²) in [5, 5.41) is 1.83. The number of rotatable bonds is 2. The van der Waals surface area contributed by atoms with E-state index in [1.807, 2.05) is 25.1 Å². The van der Waals surface area contributed by atoms with E-state index < -0.39 is 0 Å². The van der Waals surface area contributed by atoms with Crippen molar-refractivity contribution in [3.8, 4) is 0 Å². The van der Waals surface area contributed by atoms with Crippen LogP contribution in [0.5, 0.6) is 0 Å². The molecular weight excluding hydrogens is 361 g/mol. The molecule has 2 aromatic carbocycles. The Balaban J connectivity index is 2.05. The molecule has 5 heteroatoms. The van der Waals surface area contributed by atoms with E-state index >= 15 is 0 Å². The van der Waals surface area contributed by atoms with Gasteiger partial charge in [-0.2, -0.15) is 0 Å². The molecular formula is C15H10BrClFNS. The van der Waals surface area contributed by atoms with Gasteiger partial charge in [0.1, 0.15) is 5.82 Å². The SMILES string of the molecule is Cc1[nH]c2cc(Cl)ccc2c1Sc1ccc(F)c(Br)c1. The van der Waals surface area contributed by atoms with Crippen LogP contribution in [0.1, 0.15) is 5.69 Å². The highest BCUT2D eigenvalue weighted by molar-refractivity contribution is 9.10. The minimum Gasteiger partial charge on any atom is -0.358 e. The second kappa shape index (κ2) is 5.43. The number of halogens is 3. The third kappa shape index (κ3) is 2.60. The van der Waals surface area contributed by atoms with Crippen molar-refractivity contribution in [1.29, 1.82) is 0 Å². The molecule has 3 rings (SSSR count). The molecule has 0 atom stereocenters. The number of aromatic amines is 1. The van der Waals surface area contributed by atoms with E-state index in [-0.39, 0.29) is 5.82 Å². The van der Waals surface area contributed by atoms with Crippen LogP contribution in [0.15, 0.2) is 50.7 Å². The van der Waals surface area contributed by atoms with E-state index in [9.17, 15) is 4.39 Å². The maximum Gasteiger partial charge on any atom is 0.137 e. The number of fused-ring (bicyclic) bond motifs is 1. The predicted octanol–water partition coefficient (Wildman–Crippen LogP) is 6.18. The van der Waals surface area contributed by atoms with Crippen LogP contribution < -0.4 is 0 Å². The standard InChI is InChI=1S/C15H10BrClFNS/c1-8-15(11-4-2-9(17)6-14(11)19-8)20-10-3-5-13(18)12(16)7-10/h2-7,19H,1H3.